The van der Waals surface area contributed by atoms with E-state index in [1.54, 1.807) is 23.5 Å². The van der Waals surface area contributed by atoms with Crippen molar-refractivity contribution in [3.63, 3.8) is 0 Å². The normalized spacial score (nSPS) is 13.0. The van der Waals surface area contributed by atoms with Gasteiger partial charge in [-0.25, -0.2) is 8.78 Å². The topological polar surface area (TPSA) is 29.1 Å². The van der Waals surface area contributed by atoms with Gasteiger partial charge in [-0.3, -0.25) is 4.79 Å². The molecule has 0 aliphatic carbocycles. The Kier molecular flexibility index (Phi) is 7.56. The highest BCUT2D eigenvalue weighted by molar-refractivity contribution is 14.1. The third-order valence-electron chi connectivity index (χ3n) is 5.14. The maximum atomic E-state index is 15.0. The maximum Gasteiger partial charge on any atom is 0.435 e. The summed E-state index contributed by atoms with van der Waals surface area (Å²) in [7, 11) is 0. The van der Waals surface area contributed by atoms with Gasteiger partial charge in [0.25, 0.3) is 5.91 Å². The SMILES string of the molecule is O=C(Nc1c(I)cc(C(F)(C(F)(F)F)C(F)(F)F)cc1C(F)(F)F)c1cccc(-c2ccccc2)c1F. The van der Waals surface area contributed by atoms with Gasteiger partial charge in [0, 0.05) is 14.7 Å². The fourth-order valence-electron chi connectivity index (χ4n) is 3.37. The highest BCUT2D eigenvalue weighted by Crippen LogP contribution is 2.54. The Balaban J connectivity index is 2.14. The van der Waals surface area contributed by atoms with Crippen LogP contribution in [0.3, 0.4) is 0 Å². The van der Waals surface area contributed by atoms with Gasteiger partial charge >= 0.3 is 24.2 Å². The molecule has 0 bridgehead atoms. The Hall–Kier alpha value is -2.91. The summed E-state index contributed by atoms with van der Waals surface area (Å²) < 4.78 is 148. The van der Waals surface area contributed by atoms with Crippen molar-refractivity contribution < 1.29 is 53.1 Å². The van der Waals surface area contributed by atoms with Crippen molar-refractivity contribution in [1.29, 1.82) is 0 Å². The van der Waals surface area contributed by atoms with E-state index in [2.05, 4.69) is 0 Å². The van der Waals surface area contributed by atoms with E-state index in [4.69, 9.17) is 0 Å². The molecule has 0 saturated heterocycles. The summed E-state index contributed by atoms with van der Waals surface area (Å²) in [5.74, 6) is -2.63. The number of halogens is 12. The molecule has 1 amide bonds. The molecule has 0 unspecified atom stereocenters. The predicted molar refractivity (Wildman–Crippen MR) is 119 cm³/mol. The fourth-order valence-corrected chi connectivity index (χ4v) is 4.13. The van der Waals surface area contributed by atoms with Crippen molar-refractivity contribution in [2.24, 2.45) is 0 Å². The molecule has 2 nitrogen and oxygen atoms in total. The summed E-state index contributed by atoms with van der Waals surface area (Å²) in [6.07, 6.45) is -19.0. The quantitative estimate of drug-likeness (QED) is 0.222. The van der Waals surface area contributed by atoms with E-state index in [-0.39, 0.29) is 11.6 Å². The molecule has 198 valence electrons. The highest BCUT2D eigenvalue weighted by atomic mass is 127. The van der Waals surface area contributed by atoms with Crippen molar-refractivity contribution >= 4 is 34.2 Å². The van der Waals surface area contributed by atoms with Gasteiger partial charge < -0.3 is 5.32 Å². The molecule has 14 heteroatoms. The molecule has 0 radical (unpaired) electrons. The molecular weight excluding hydrogens is 642 g/mol. The number of hydrogen-bond donors (Lipinski definition) is 1. The first-order valence-corrected chi connectivity index (χ1v) is 10.9. The minimum Gasteiger partial charge on any atom is -0.320 e. The minimum absolute atomic E-state index is 0.105. The third-order valence-corrected chi connectivity index (χ3v) is 5.99. The summed E-state index contributed by atoms with van der Waals surface area (Å²) in [4.78, 5) is 12.7. The standard InChI is InChI=1S/C23H11F11INO/c24-17-13(11-5-2-1-3-6-11)7-4-8-14(17)19(37)36-18-15(21(26,27)28)9-12(10-16(18)35)20(25,22(29,30)31)23(32,33)34/h1-10H,(H,36,37). The van der Waals surface area contributed by atoms with Crippen molar-refractivity contribution in [3.05, 3.63) is 86.7 Å². The average molecular weight is 653 g/mol. The van der Waals surface area contributed by atoms with Gasteiger partial charge in [-0.15, -0.1) is 0 Å². The second kappa shape index (κ2) is 9.76. The van der Waals surface area contributed by atoms with Crippen LogP contribution in [0.4, 0.5) is 54.0 Å². The lowest BCUT2D eigenvalue weighted by Gasteiger charge is -2.31. The second-order valence-electron chi connectivity index (χ2n) is 7.52. The van der Waals surface area contributed by atoms with Crippen LogP contribution in [-0.4, -0.2) is 18.3 Å². The van der Waals surface area contributed by atoms with Crippen LogP contribution >= 0.6 is 22.6 Å². The number of rotatable bonds is 4. The van der Waals surface area contributed by atoms with Crippen LogP contribution in [0.5, 0.6) is 0 Å². The van der Waals surface area contributed by atoms with Gasteiger partial charge in [0.1, 0.15) is 5.82 Å². The fraction of sp³-hybridized carbons (Fsp3) is 0.174. The van der Waals surface area contributed by atoms with Crippen molar-refractivity contribution in [1.82, 2.24) is 0 Å². The Labute approximate surface area is 214 Å². The molecule has 0 spiro atoms. The molecule has 0 aliphatic rings. The van der Waals surface area contributed by atoms with E-state index in [0.717, 1.165) is 28.7 Å². The number of carbonyl (C=O) groups is 1. The minimum atomic E-state index is -6.66. The van der Waals surface area contributed by atoms with E-state index in [9.17, 15) is 48.7 Å². The van der Waals surface area contributed by atoms with E-state index < -0.39 is 67.9 Å². The smallest absolute Gasteiger partial charge is 0.320 e. The van der Waals surface area contributed by atoms with Crippen molar-refractivity contribution in [2.45, 2.75) is 24.2 Å². The zero-order valence-electron chi connectivity index (χ0n) is 17.7. The first-order valence-electron chi connectivity index (χ1n) is 9.78. The largest absolute Gasteiger partial charge is 0.435 e. The maximum absolute atomic E-state index is 15.0. The predicted octanol–water partition coefficient (Wildman–Crippen LogP) is 8.66. The molecule has 3 rings (SSSR count). The molecule has 0 atom stereocenters. The number of hydrogen-bond acceptors (Lipinski definition) is 1. The summed E-state index contributed by atoms with van der Waals surface area (Å²) in [5, 5.41) is 1.69. The zero-order chi connectivity index (χ0) is 28.0. The first kappa shape index (κ1) is 28.7. The zero-order valence-corrected chi connectivity index (χ0v) is 19.9. The summed E-state index contributed by atoms with van der Waals surface area (Å²) in [6.45, 7) is 0. The Bertz CT molecular complexity index is 1300. The molecule has 0 heterocycles. The van der Waals surface area contributed by atoms with E-state index in [1.807, 2.05) is 0 Å². The summed E-state index contributed by atoms with van der Waals surface area (Å²) in [5.41, 5.74) is -12.6. The molecule has 0 aliphatic heterocycles. The number of alkyl halides is 10. The summed E-state index contributed by atoms with van der Waals surface area (Å²) >= 11 is 0.916. The van der Waals surface area contributed by atoms with E-state index in [1.165, 1.54) is 24.3 Å². The van der Waals surface area contributed by atoms with Gasteiger partial charge in [-0.1, -0.05) is 42.5 Å². The molecule has 0 fully saturated rings. The third kappa shape index (κ3) is 5.38. The average Bonchev–Trinajstić information content (AvgIpc) is 2.78. The molecular formula is C23H11F11INO. The number of carbonyl (C=O) groups excluding carboxylic acids is 1. The van der Waals surface area contributed by atoms with Crippen molar-refractivity contribution in [3.8, 4) is 11.1 Å². The van der Waals surface area contributed by atoms with Crippen LogP contribution in [0.1, 0.15) is 21.5 Å². The Morgan fingerprint density at radius 2 is 1.32 bits per heavy atom. The van der Waals surface area contributed by atoms with Crippen molar-refractivity contribution in [2.75, 3.05) is 5.32 Å². The lowest BCUT2D eigenvalue weighted by molar-refractivity contribution is -0.348. The summed E-state index contributed by atoms with van der Waals surface area (Å²) in [6, 6.07) is 10.3. The van der Waals surface area contributed by atoms with Gasteiger partial charge in [0.2, 0.25) is 0 Å². The van der Waals surface area contributed by atoms with Crippen LogP contribution in [0.15, 0.2) is 60.7 Å². The Morgan fingerprint density at radius 3 is 1.84 bits per heavy atom. The van der Waals surface area contributed by atoms with Gasteiger partial charge in [-0.2, -0.15) is 39.5 Å². The lowest BCUT2D eigenvalue weighted by atomic mass is 9.92. The number of anilines is 1. The number of benzene rings is 3. The molecule has 37 heavy (non-hydrogen) atoms. The highest BCUT2D eigenvalue weighted by Gasteiger charge is 2.73. The monoisotopic (exact) mass is 653 g/mol. The van der Waals surface area contributed by atoms with Gasteiger partial charge in [0.05, 0.1) is 16.8 Å². The first-order chi connectivity index (χ1) is 16.9. The van der Waals surface area contributed by atoms with Crippen LogP contribution in [0.25, 0.3) is 11.1 Å². The Morgan fingerprint density at radius 1 is 0.757 bits per heavy atom. The van der Waals surface area contributed by atoms with Crippen LogP contribution in [0, 0.1) is 9.39 Å². The van der Waals surface area contributed by atoms with E-state index >= 15 is 4.39 Å². The van der Waals surface area contributed by atoms with Gasteiger partial charge in [-0.05, 0) is 46.4 Å². The van der Waals surface area contributed by atoms with Crippen LogP contribution in [0.2, 0.25) is 0 Å². The molecule has 1 N–H and O–H groups in total. The van der Waals surface area contributed by atoms with E-state index in [0.29, 0.717) is 5.56 Å². The molecule has 3 aromatic rings. The van der Waals surface area contributed by atoms with Gasteiger partial charge in [0.15, 0.2) is 0 Å². The van der Waals surface area contributed by atoms with Crippen LogP contribution < -0.4 is 5.32 Å². The number of amides is 1. The molecule has 0 saturated carbocycles. The second-order valence-corrected chi connectivity index (χ2v) is 8.68. The molecule has 0 aromatic heterocycles. The number of nitrogens with one attached hydrogen (secondary N) is 1. The molecule has 3 aromatic carbocycles. The van der Waals surface area contributed by atoms with Crippen LogP contribution in [-0.2, 0) is 11.8 Å². The lowest BCUT2D eigenvalue weighted by Crippen LogP contribution is -2.50.